The Kier molecular flexibility index (Phi) is 13.1. The molecule has 35 heavy (non-hydrogen) atoms. The highest BCUT2D eigenvalue weighted by Gasteiger charge is 2.43. The van der Waals surface area contributed by atoms with Gasteiger partial charge in [-0.25, -0.2) is 0 Å². The number of rotatable bonds is 14. The maximum atomic E-state index is 13.0. The number of carbonyl (C=O) groups excluding carboxylic acids is 2. The fourth-order valence-electron chi connectivity index (χ4n) is 3.66. The van der Waals surface area contributed by atoms with E-state index in [1.807, 2.05) is 13.8 Å². The van der Waals surface area contributed by atoms with Gasteiger partial charge in [-0.05, 0) is 67.9 Å². The Morgan fingerprint density at radius 1 is 0.829 bits per heavy atom. The third kappa shape index (κ3) is 10.8. The van der Waals surface area contributed by atoms with Crippen LogP contribution in [0.4, 0.5) is 0 Å². The summed E-state index contributed by atoms with van der Waals surface area (Å²) in [6, 6.07) is 0. The van der Waals surface area contributed by atoms with Crippen LogP contribution in [-0.2, 0) is 23.2 Å². The molecule has 208 valence electrons. The van der Waals surface area contributed by atoms with Gasteiger partial charge in [0.15, 0.2) is 16.6 Å². The van der Waals surface area contributed by atoms with E-state index >= 15 is 0 Å². The van der Waals surface area contributed by atoms with E-state index < -0.39 is 16.6 Å². The van der Waals surface area contributed by atoms with Crippen molar-refractivity contribution in [3.8, 4) is 0 Å². The van der Waals surface area contributed by atoms with E-state index in [4.69, 9.17) is 13.6 Å². The van der Waals surface area contributed by atoms with Crippen molar-refractivity contribution < 1.29 is 23.2 Å². The zero-order valence-electron chi connectivity index (χ0n) is 25.8. The molecule has 0 fully saturated rings. The quantitative estimate of drug-likeness (QED) is 0.169. The molecule has 0 saturated carbocycles. The van der Waals surface area contributed by atoms with E-state index in [0.29, 0.717) is 25.4 Å². The van der Waals surface area contributed by atoms with Crippen LogP contribution < -0.4 is 0 Å². The summed E-state index contributed by atoms with van der Waals surface area (Å²) >= 11 is 0. The topological polar surface area (TPSA) is 61.8 Å². The van der Waals surface area contributed by atoms with Crippen molar-refractivity contribution in [1.82, 2.24) is 0 Å². The van der Waals surface area contributed by atoms with Crippen LogP contribution in [0.3, 0.4) is 0 Å². The second kappa shape index (κ2) is 13.3. The first-order chi connectivity index (χ1) is 15.6. The zero-order chi connectivity index (χ0) is 28.0. The second-order valence-electron chi connectivity index (χ2n) is 14.0. The molecule has 0 aliphatic heterocycles. The number of esters is 1. The minimum atomic E-state index is -2.10. The van der Waals surface area contributed by atoms with E-state index in [0.717, 1.165) is 6.42 Å². The van der Waals surface area contributed by atoms with E-state index in [2.05, 4.69) is 81.6 Å². The Balaban J connectivity index is 5.13. The first-order valence-electron chi connectivity index (χ1n) is 13.5. The van der Waals surface area contributed by atoms with Gasteiger partial charge in [-0.1, -0.05) is 62.3 Å². The zero-order valence-corrected chi connectivity index (χ0v) is 27.8. The molecule has 0 aromatic carbocycles. The van der Waals surface area contributed by atoms with E-state index in [-0.39, 0.29) is 45.7 Å². The van der Waals surface area contributed by atoms with Crippen molar-refractivity contribution in [2.75, 3.05) is 13.7 Å². The lowest BCUT2D eigenvalue weighted by molar-refractivity contribution is -0.149. The third-order valence-corrected chi connectivity index (χ3v) is 17.5. The largest absolute Gasteiger partial charge is 0.469 e. The lowest BCUT2D eigenvalue weighted by Gasteiger charge is -2.42. The highest BCUT2D eigenvalue weighted by atomic mass is 28.4. The fourth-order valence-corrected chi connectivity index (χ4v) is 6.26. The molecule has 0 radical (unpaired) electrons. The number of Topliss-reactive ketones (excluding diaryl/α,β-unsaturated/α-hetero) is 1. The van der Waals surface area contributed by atoms with Gasteiger partial charge in [0.1, 0.15) is 5.78 Å². The third-order valence-electron chi connectivity index (χ3n) is 8.56. The van der Waals surface area contributed by atoms with E-state index in [9.17, 15) is 9.59 Å². The molecule has 0 aromatic heterocycles. The van der Waals surface area contributed by atoms with Gasteiger partial charge >= 0.3 is 5.97 Å². The molecule has 0 bridgehead atoms. The second-order valence-corrected chi connectivity index (χ2v) is 23.5. The molecule has 0 heterocycles. The molecular formula is C28H58O5Si2. The van der Waals surface area contributed by atoms with Crippen molar-refractivity contribution in [2.45, 2.75) is 131 Å². The monoisotopic (exact) mass is 530 g/mol. The SMILES string of the molecule is COC(=O)[C@H](C)[C@@H](O[Si](C)(C)C(C)(C)C)[C@@H](C)C[C@@H](C)C(=O)CC[C@H](C)CO[Si](C)(C)C(C)(C)C. The molecule has 0 amide bonds. The van der Waals surface area contributed by atoms with Crippen LogP contribution in [0.1, 0.15) is 88.5 Å². The Bertz CT molecular complexity index is 676. The highest BCUT2D eigenvalue weighted by molar-refractivity contribution is 6.74. The predicted octanol–water partition coefficient (Wildman–Crippen LogP) is 7.86. The van der Waals surface area contributed by atoms with Crippen molar-refractivity contribution in [2.24, 2.45) is 23.7 Å². The van der Waals surface area contributed by atoms with Crippen LogP contribution in [0, 0.1) is 23.7 Å². The number of hydrogen-bond acceptors (Lipinski definition) is 5. The lowest BCUT2D eigenvalue weighted by Crippen LogP contribution is -2.49. The summed E-state index contributed by atoms with van der Waals surface area (Å²) in [5, 5.41) is 0.225. The Hall–Kier alpha value is -0.506. The maximum Gasteiger partial charge on any atom is 0.310 e. The van der Waals surface area contributed by atoms with Gasteiger partial charge in [0, 0.05) is 18.9 Å². The molecule has 0 aliphatic carbocycles. The summed E-state index contributed by atoms with van der Waals surface area (Å²) < 4.78 is 18.1. The minimum Gasteiger partial charge on any atom is -0.469 e. The van der Waals surface area contributed by atoms with Crippen molar-refractivity contribution in [3.05, 3.63) is 0 Å². The Labute approximate surface area is 219 Å². The van der Waals surface area contributed by atoms with Gasteiger partial charge in [0.05, 0.1) is 19.1 Å². The van der Waals surface area contributed by atoms with Gasteiger partial charge in [0.2, 0.25) is 0 Å². The smallest absolute Gasteiger partial charge is 0.310 e. The standard InChI is InChI=1S/C28H58O5Si2/c1-20(19-32-34(12,13)27(5,6)7)16-17-24(29)21(2)18-22(3)25(23(4)26(30)31-11)33-35(14,15)28(8,9)10/h20-23,25H,16-19H2,1-15H3/t20-,21+,22-,23+,25-/m0/s1. The van der Waals surface area contributed by atoms with Gasteiger partial charge in [0.25, 0.3) is 0 Å². The van der Waals surface area contributed by atoms with Crippen LogP contribution >= 0.6 is 0 Å². The molecule has 0 aromatic rings. The molecule has 0 saturated heterocycles. The lowest BCUT2D eigenvalue weighted by atomic mass is 9.84. The molecule has 7 heteroatoms. The summed E-state index contributed by atoms with van der Waals surface area (Å²) in [5.41, 5.74) is 0. The molecule has 5 atom stereocenters. The number of hydrogen-bond donors (Lipinski definition) is 0. The number of ketones is 1. The fraction of sp³-hybridized carbons (Fsp3) is 0.929. The summed E-state index contributed by atoms with van der Waals surface area (Å²) in [4.78, 5) is 25.4. The first-order valence-corrected chi connectivity index (χ1v) is 19.3. The Morgan fingerprint density at radius 3 is 1.74 bits per heavy atom. The molecule has 0 spiro atoms. The number of ether oxygens (including phenoxy) is 1. The van der Waals surface area contributed by atoms with Crippen LogP contribution in [0.25, 0.3) is 0 Å². The van der Waals surface area contributed by atoms with Crippen LogP contribution in [0.2, 0.25) is 36.3 Å². The summed E-state index contributed by atoms with van der Waals surface area (Å²) in [6.45, 7) is 31.2. The average Bonchev–Trinajstić information content (AvgIpc) is 2.71. The van der Waals surface area contributed by atoms with Crippen molar-refractivity contribution >= 4 is 28.4 Å². The number of carbonyl (C=O) groups is 2. The predicted molar refractivity (Wildman–Crippen MR) is 153 cm³/mol. The van der Waals surface area contributed by atoms with Crippen LogP contribution in [-0.4, -0.2) is 48.2 Å². The number of methoxy groups -OCH3 is 1. The van der Waals surface area contributed by atoms with Gasteiger partial charge in [-0.15, -0.1) is 0 Å². The first kappa shape index (κ1) is 34.5. The van der Waals surface area contributed by atoms with E-state index in [1.54, 1.807) is 0 Å². The average molecular weight is 531 g/mol. The van der Waals surface area contributed by atoms with Gasteiger partial charge in [-0.3, -0.25) is 9.59 Å². The van der Waals surface area contributed by atoms with E-state index in [1.165, 1.54) is 7.11 Å². The highest BCUT2D eigenvalue weighted by Crippen LogP contribution is 2.40. The summed E-state index contributed by atoms with van der Waals surface area (Å²) in [6.07, 6.45) is 1.84. The maximum absolute atomic E-state index is 13.0. The molecule has 0 rings (SSSR count). The summed E-state index contributed by atoms with van der Waals surface area (Å²) in [7, 11) is -2.45. The normalized spacial score (nSPS) is 17.9. The van der Waals surface area contributed by atoms with Crippen molar-refractivity contribution in [1.29, 1.82) is 0 Å². The van der Waals surface area contributed by atoms with Crippen LogP contribution in [0.15, 0.2) is 0 Å². The molecule has 0 unspecified atom stereocenters. The van der Waals surface area contributed by atoms with Crippen molar-refractivity contribution in [3.63, 3.8) is 0 Å². The Morgan fingerprint density at radius 2 is 1.31 bits per heavy atom. The summed E-state index contributed by atoms with van der Waals surface area (Å²) in [5.74, 6) is -0.000968. The molecule has 0 aliphatic rings. The van der Waals surface area contributed by atoms with Crippen LogP contribution in [0.5, 0.6) is 0 Å². The minimum absolute atomic E-state index is 0.0326. The molecule has 5 nitrogen and oxygen atoms in total. The molecular weight excluding hydrogens is 472 g/mol. The van der Waals surface area contributed by atoms with Gasteiger partial charge < -0.3 is 13.6 Å². The molecule has 0 N–H and O–H groups in total. The van der Waals surface area contributed by atoms with Gasteiger partial charge in [-0.2, -0.15) is 0 Å².